The molecule has 1 heteroatoms. The maximum atomic E-state index is 3.44. The Morgan fingerprint density at radius 2 is 1.46 bits per heavy atom. The number of nitrogens with one attached hydrogen (secondary N) is 1. The Hall–Kier alpha value is -0.0400. The second-order valence-corrected chi connectivity index (χ2v) is 5.64. The number of rotatable bonds is 6. The molecule has 0 bridgehead atoms. The SMILES string of the molecule is CCNCC(C)(C)CC(C)(C)CC. The van der Waals surface area contributed by atoms with E-state index in [1.807, 2.05) is 0 Å². The lowest BCUT2D eigenvalue weighted by atomic mass is 9.74. The highest BCUT2D eigenvalue weighted by molar-refractivity contribution is 4.79. The molecule has 0 fully saturated rings. The molecule has 0 spiro atoms. The van der Waals surface area contributed by atoms with Crippen molar-refractivity contribution >= 4 is 0 Å². The zero-order valence-electron chi connectivity index (χ0n) is 10.3. The molecule has 0 amide bonds. The van der Waals surface area contributed by atoms with Crippen molar-refractivity contribution in [3.63, 3.8) is 0 Å². The molecule has 0 radical (unpaired) electrons. The van der Waals surface area contributed by atoms with Crippen LogP contribution in [0.5, 0.6) is 0 Å². The predicted octanol–water partition coefficient (Wildman–Crippen LogP) is 3.45. The molecular weight excluding hydrogens is 158 g/mol. The Bertz CT molecular complexity index is 136. The summed E-state index contributed by atoms with van der Waals surface area (Å²) in [5.41, 5.74) is 0.911. The summed E-state index contributed by atoms with van der Waals surface area (Å²) >= 11 is 0. The van der Waals surface area contributed by atoms with Gasteiger partial charge in [0.2, 0.25) is 0 Å². The third kappa shape index (κ3) is 6.09. The molecule has 0 atom stereocenters. The summed E-state index contributed by atoms with van der Waals surface area (Å²) in [6.07, 6.45) is 2.56. The van der Waals surface area contributed by atoms with Crippen molar-refractivity contribution in [1.82, 2.24) is 5.32 Å². The van der Waals surface area contributed by atoms with Crippen molar-refractivity contribution in [2.75, 3.05) is 13.1 Å². The van der Waals surface area contributed by atoms with E-state index >= 15 is 0 Å². The molecule has 0 aromatic rings. The van der Waals surface area contributed by atoms with Crippen molar-refractivity contribution in [2.45, 2.75) is 54.4 Å². The highest BCUT2D eigenvalue weighted by Crippen LogP contribution is 2.35. The Labute approximate surface area is 84.3 Å². The molecule has 1 N–H and O–H groups in total. The van der Waals surface area contributed by atoms with Gasteiger partial charge in [-0.2, -0.15) is 0 Å². The molecule has 0 aromatic carbocycles. The van der Waals surface area contributed by atoms with Crippen LogP contribution in [0.3, 0.4) is 0 Å². The van der Waals surface area contributed by atoms with Gasteiger partial charge in [-0.15, -0.1) is 0 Å². The lowest BCUT2D eigenvalue weighted by Crippen LogP contribution is -2.33. The molecule has 0 saturated carbocycles. The van der Waals surface area contributed by atoms with Crippen LogP contribution in [0.2, 0.25) is 0 Å². The summed E-state index contributed by atoms with van der Waals surface area (Å²) in [4.78, 5) is 0. The first-order valence-electron chi connectivity index (χ1n) is 5.54. The summed E-state index contributed by atoms with van der Waals surface area (Å²) in [6, 6.07) is 0. The molecule has 0 heterocycles. The Balaban J connectivity index is 4.00. The third-order valence-corrected chi connectivity index (χ3v) is 2.77. The van der Waals surface area contributed by atoms with Crippen LogP contribution in [0.1, 0.15) is 54.4 Å². The molecule has 0 saturated heterocycles. The van der Waals surface area contributed by atoms with Crippen molar-refractivity contribution in [3.05, 3.63) is 0 Å². The zero-order valence-corrected chi connectivity index (χ0v) is 10.3. The van der Waals surface area contributed by atoms with Gasteiger partial charge in [-0.25, -0.2) is 0 Å². The smallest absolute Gasteiger partial charge is 0.000260 e. The largest absolute Gasteiger partial charge is 0.316 e. The van der Waals surface area contributed by atoms with Gasteiger partial charge in [0, 0.05) is 6.54 Å². The molecule has 0 unspecified atom stereocenters. The fourth-order valence-electron chi connectivity index (χ4n) is 1.95. The van der Waals surface area contributed by atoms with E-state index in [1.165, 1.54) is 12.8 Å². The zero-order chi connectivity index (χ0) is 10.5. The highest BCUT2D eigenvalue weighted by Gasteiger charge is 2.26. The summed E-state index contributed by atoms with van der Waals surface area (Å²) in [5.74, 6) is 0. The first kappa shape index (κ1) is 13.0. The second kappa shape index (κ2) is 4.99. The van der Waals surface area contributed by atoms with Crippen molar-refractivity contribution in [3.8, 4) is 0 Å². The van der Waals surface area contributed by atoms with Gasteiger partial charge in [-0.1, -0.05) is 48.0 Å². The predicted molar refractivity (Wildman–Crippen MR) is 61.0 cm³/mol. The minimum absolute atomic E-state index is 0.426. The molecule has 80 valence electrons. The fourth-order valence-corrected chi connectivity index (χ4v) is 1.95. The second-order valence-electron chi connectivity index (χ2n) is 5.64. The van der Waals surface area contributed by atoms with Gasteiger partial charge in [-0.05, 0) is 23.8 Å². The van der Waals surface area contributed by atoms with Crippen LogP contribution < -0.4 is 5.32 Å². The monoisotopic (exact) mass is 185 g/mol. The molecule has 0 aliphatic carbocycles. The van der Waals surface area contributed by atoms with Gasteiger partial charge in [0.05, 0.1) is 0 Å². The van der Waals surface area contributed by atoms with Crippen LogP contribution in [-0.4, -0.2) is 13.1 Å². The normalized spacial score (nSPS) is 13.4. The van der Waals surface area contributed by atoms with Crippen molar-refractivity contribution in [1.29, 1.82) is 0 Å². The summed E-state index contributed by atoms with van der Waals surface area (Å²) in [7, 11) is 0. The van der Waals surface area contributed by atoms with Gasteiger partial charge in [-0.3, -0.25) is 0 Å². The lowest BCUT2D eigenvalue weighted by molar-refractivity contribution is 0.185. The molecular formula is C12H27N. The molecule has 0 aliphatic rings. The molecule has 0 aromatic heterocycles. The van der Waals surface area contributed by atoms with Crippen LogP contribution in [0, 0.1) is 10.8 Å². The van der Waals surface area contributed by atoms with E-state index in [-0.39, 0.29) is 0 Å². The minimum atomic E-state index is 0.426. The van der Waals surface area contributed by atoms with Gasteiger partial charge in [0.1, 0.15) is 0 Å². The Kier molecular flexibility index (Phi) is 4.98. The standard InChI is InChI=1S/C12H27N/c1-7-11(3,4)9-12(5,6)10-13-8-2/h13H,7-10H2,1-6H3. The topological polar surface area (TPSA) is 12.0 Å². The summed E-state index contributed by atoms with van der Waals surface area (Å²) < 4.78 is 0. The molecule has 1 nitrogen and oxygen atoms in total. The van der Waals surface area contributed by atoms with Crippen LogP contribution in [-0.2, 0) is 0 Å². The van der Waals surface area contributed by atoms with Crippen LogP contribution in [0.4, 0.5) is 0 Å². The summed E-state index contributed by atoms with van der Waals surface area (Å²) in [5, 5.41) is 3.44. The first-order valence-corrected chi connectivity index (χ1v) is 5.54. The molecule has 0 aliphatic heterocycles. The van der Waals surface area contributed by atoms with E-state index < -0.39 is 0 Å². The average molecular weight is 185 g/mol. The summed E-state index contributed by atoms with van der Waals surface area (Å²) in [6.45, 7) is 16.1. The Morgan fingerprint density at radius 3 is 1.85 bits per heavy atom. The minimum Gasteiger partial charge on any atom is -0.316 e. The van der Waals surface area contributed by atoms with Crippen LogP contribution in [0.25, 0.3) is 0 Å². The van der Waals surface area contributed by atoms with Gasteiger partial charge >= 0.3 is 0 Å². The van der Waals surface area contributed by atoms with Crippen LogP contribution >= 0.6 is 0 Å². The quantitative estimate of drug-likeness (QED) is 0.668. The Morgan fingerprint density at radius 1 is 0.923 bits per heavy atom. The van der Waals surface area contributed by atoms with E-state index in [4.69, 9.17) is 0 Å². The number of hydrogen-bond acceptors (Lipinski definition) is 1. The van der Waals surface area contributed by atoms with Gasteiger partial charge < -0.3 is 5.32 Å². The lowest BCUT2D eigenvalue weighted by Gasteiger charge is -2.34. The molecule has 13 heavy (non-hydrogen) atoms. The van der Waals surface area contributed by atoms with E-state index in [0.29, 0.717) is 10.8 Å². The average Bonchev–Trinajstić information content (AvgIpc) is 1.99. The van der Waals surface area contributed by atoms with Crippen molar-refractivity contribution in [2.24, 2.45) is 10.8 Å². The van der Waals surface area contributed by atoms with E-state index in [2.05, 4.69) is 46.9 Å². The number of hydrogen-bond donors (Lipinski definition) is 1. The fraction of sp³-hybridized carbons (Fsp3) is 1.00. The van der Waals surface area contributed by atoms with E-state index in [1.54, 1.807) is 0 Å². The maximum Gasteiger partial charge on any atom is 0.000260 e. The highest BCUT2D eigenvalue weighted by atomic mass is 14.9. The van der Waals surface area contributed by atoms with Crippen LogP contribution in [0.15, 0.2) is 0 Å². The van der Waals surface area contributed by atoms with Crippen molar-refractivity contribution < 1.29 is 0 Å². The van der Waals surface area contributed by atoms with Gasteiger partial charge in [0.15, 0.2) is 0 Å². The van der Waals surface area contributed by atoms with Gasteiger partial charge in [0.25, 0.3) is 0 Å². The third-order valence-electron chi connectivity index (χ3n) is 2.77. The maximum absolute atomic E-state index is 3.44. The molecule has 0 rings (SSSR count). The first-order chi connectivity index (χ1) is 5.83. The van der Waals surface area contributed by atoms with E-state index in [9.17, 15) is 0 Å². The van der Waals surface area contributed by atoms with E-state index in [0.717, 1.165) is 13.1 Å².